The van der Waals surface area contributed by atoms with Crippen molar-refractivity contribution in [3.05, 3.63) is 55.1 Å². The van der Waals surface area contributed by atoms with Gasteiger partial charge in [-0.1, -0.05) is 37.4 Å². The summed E-state index contributed by atoms with van der Waals surface area (Å²) >= 11 is 0. The predicted molar refractivity (Wildman–Crippen MR) is 57.1 cm³/mol. The lowest BCUT2D eigenvalue weighted by atomic mass is 10.4. The van der Waals surface area contributed by atoms with Gasteiger partial charge < -0.3 is 0 Å². The monoisotopic (exact) mass is 192 g/mol. The topological polar surface area (TPSA) is 17.1 Å². The molecule has 0 spiro atoms. The zero-order chi connectivity index (χ0) is 9.68. The largest absolute Gasteiger partial charge is 0.254 e. The molecule has 0 bridgehead atoms. The molecule has 0 aliphatic carbocycles. The maximum atomic E-state index is 11.6. The van der Waals surface area contributed by atoms with Crippen LogP contribution in [0.4, 0.5) is 0 Å². The third-order valence-corrected chi connectivity index (χ3v) is 3.04. The average Bonchev–Trinajstić information content (AvgIpc) is 2.19. The van der Waals surface area contributed by atoms with E-state index in [2.05, 4.69) is 13.2 Å². The van der Waals surface area contributed by atoms with Gasteiger partial charge in [0.15, 0.2) is 0 Å². The van der Waals surface area contributed by atoms with Gasteiger partial charge in [-0.2, -0.15) is 0 Å². The molecule has 1 unspecified atom stereocenters. The molecule has 0 fully saturated rings. The van der Waals surface area contributed by atoms with E-state index in [1.165, 1.54) is 0 Å². The molecule has 0 aliphatic heterocycles. The molecule has 1 aromatic rings. The summed E-state index contributed by atoms with van der Waals surface area (Å²) < 4.78 is 11.6. The highest BCUT2D eigenvalue weighted by Crippen LogP contribution is 2.08. The van der Waals surface area contributed by atoms with E-state index in [1.54, 1.807) is 6.08 Å². The normalized spacial score (nSPS) is 12.0. The van der Waals surface area contributed by atoms with Gasteiger partial charge in [0.2, 0.25) is 0 Å². The molecule has 0 saturated heterocycles. The van der Waals surface area contributed by atoms with E-state index < -0.39 is 10.8 Å². The third-order valence-electron chi connectivity index (χ3n) is 1.61. The first kappa shape index (κ1) is 9.93. The van der Waals surface area contributed by atoms with Crippen LogP contribution in [-0.4, -0.2) is 9.96 Å². The number of hydrogen-bond acceptors (Lipinski definition) is 1. The van der Waals surface area contributed by atoms with Crippen molar-refractivity contribution in [2.75, 3.05) is 5.75 Å². The zero-order valence-electron chi connectivity index (χ0n) is 7.40. The fourth-order valence-corrected chi connectivity index (χ4v) is 1.96. The summed E-state index contributed by atoms with van der Waals surface area (Å²) in [6, 6.07) is 9.37. The molecule has 13 heavy (non-hydrogen) atoms. The van der Waals surface area contributed by atoms with Crippen LogP contribution in [0.3, 0.4) is 0 Å². The molecular formula is C11H12OS. The van der Waals surface area contributed by atoms with Crippen LogP contribution < -0.4 is 0 Å². The lowest BCUT2D eigenvalue weighted by Crippen LogP contribution is -1.98. The molecule has 68 valence electrons. The van der Waals surface area contributed by atoms with Crippen LogP contribution in [0.2, 0.25) is 0 Å². The molecule has 1 nitrogen and oxygen atoms in total. The summed E-state index contributed by atoms with van der Waals surface area (Å²) in [7, 11) is -0.984. The van der Waals surface area contributed by atoms with Crippen LogP contribution in [0.15, 0.2) is 60.0 Å². The van der Waals surface area contributed by atoms with Crippen molar-refractivity contribution in [2.24, 2.45) is 0 Å². The number of benzene rings is 1. The van der Waals surface area contributed by atoms with E-state index in [1.807, 2.05) is 30.3 Å². The minimum Gasteiger partial charge on any atom is -0.254 e. The lowest BCUT2D eigenvalue weighted by molar-refractivity contribution is 0.684. The summed E-state index contributed by atoms with van der Waals surface area (Å²) in [5.74, 6) is 0.466. The lowest BCUT2D eigenvalue weighted by Gasteiger charge is -2.00. The molecule has 0 aliphatic rings. The molecule has 1 aromatic carbocycles. The fraction of sp³-hybridized carbons (Fsp3) is 0.0909. The highest BCUT2D eigenvalue weighted by Gasteiger charge is 2.02. The molecule has 1 rings (SSSR count). The highest BCUT2D eigenvalue weighted by molar-refractivity contribution is 7.85. The minimum atomic E-state index is -0.984. The van der Waals surface area contributed by atoms with E-state index >= 15 is 0 Å². The van der Waals surface area contributed by atoms with Gasteiger partial charge in [-0.05, 0) is 17.7 Å². The number of rotatable bonds is 4. The maximum Gasteiger partial charge on any atom is 0.0573 e. The van der Waals surface area contributed by atoms with Crippen molar-refractivity contribution in [1.82, 2.24) is 0 Å². The van der Waals surface area contributed by atoms with Crippen LogP contribution in [0.1, 0.15) is 0 Å². The summed E-state index contributed by atoms with van der Waals surface area (Å²) in [4.78, 5) is 0.838. The molecule has 0 amide bonds. The summed E-state index contributed by atoms with van der Waals surface area (Å²) in [5.41, 5.74) is 0.808. The first-order chi connectivity index (χ1) is 6.24. The smallest absolute Gasteiger partial charge is 0.0573 e. The fourth-order valence-electron chi connectivity index (χ4n) is 0.883. The maximum absolute atomic E-state index is 11.6. The second-order valence-electron chi connectivity index (χ2n) is 2.67. The van der Waals surface area contributed by atoms with Gasteiger partial charge in [0.05, 0.1) is 16.6 Å². The Kier molecular flexibility index (Phi) is 3.65. The van der Waals surface area contributed by atoms with Crippen LogP contribution in [0.5, 0.6) is 0 Å². The van der Waals surface area contributed by atoms with Crippen molar-refractivity contribution < 1.29 is 4.21 Å². The van der Waals surface area contributed by atoms with Gasteiger partial charge in [-0.15, -0.1) is 0 Å². The van der Waals surface area contributed by atoms with E-state index in [0.29, 0.717) is 5.75 Å². The first-order valence-corrected chi connectivity index (χ1v) is 5.29. The van der Waals surface area contributed by atoms with Crippen LogP contribution in [0, 0.1) is 0 Å². The number of allylic oxidation sites excluding steroid dienone is 1. The van der Waals surface area contributed by atoms with Gasteiger partial charge >= 0.3 is 0 Å². The summed E-state index contributed by atoms with van der Waals surface area (Å²) in [5, 5.41) is 0. The van der Waals surface area contributed by atoms with Crippen LogP contribution in [-0.2, 0) is 10.8 Å². The first-order valence-electron chi connectivity index (χ1n) is 3.97. The molecule has 0 N–H and O–H groups in total. The Morgan fingerprint density at radius 1 is 1.38 bits per heavy atom. The van der Waals surface area contributed by atoms with Crippen molar-refractivity contribution in [2.45, 2.75) is 4.90 Å². The molecule has 0 radical (unpaired) electrons. The number of hydrogen-bond donors (Lipinski definition) is 0. The van der Waals surface area contributed by atoms with Crippen LogP contribution >= 0.6 is 0 Å². The van der Waals surface area contributed by atoms with E-state index in [-0.39, 0.29) is 0 Å². The van der Waals surface area contributed by atoms with Crippen molar-refractivity contribution in [3.8, 4) is 0 Å². The Morgan fingerprint density at radius 3 is 2.54 bits per heavy atom. The Hall–Kier alpha value is -1.15. The summed E-state index contributed by atoms with van der Waals surface area (Å²) in [6.45, 7) is 7.30. The van der Waals surface area contributed by atoms with Gasteiger partial charge in [-0.25, -0.2) is 0 Å². The quantitative estimate of drug-likeness (QED) is 0.670. The molecule has 0 aromatic heterocycles. The average molecular weight is 192 g/mol. The highest BCUT2D eigenvalue weighted by atomic mass is 32.2. The van der Waals surface area contributed by atoms with E-state index in [0.717, 1.165) is 10.5 Å². The SMILES string of the molecule is C=CC(=C)CS(=O)c1ccccc1. The van der Waals surface area contributed by atoms with Gasteiger partial charge in [0.1, 0.15) is 0 Å². The van der Waals surface area contributed by atoms with Crippen molar-refractivity contribution in [1.29, 1.82) is 0 Å². The molecule has 1 atom stereocenters. The zero-order valence-corrected chi connectivity index (χ0v) is 8.22. The second-order valence-corrected chi connectivity index (χ2v) is 4.12. The van der Waals surface area contributed by atoms with Crippen LogP contribution in [0.25, 0.3) is 0 Å². The van der Waals surface area contributed by atoms with E-state index in [4.69, 9.17) is 0 Å². The van der Waals surface area contributed by atoms with Crippen molar-refractivity contribution in [3.63, 3.8) is 0 Å². The standard InChI is InChI=1S/C11H12OS/c1-3-10(2)9-13(12)11-7-5-4-6-8-11/h3-8H,1-2,9H2. The Balaban J connectivity index is 2.70. The Bertz CT molecular complexity index is 327. The molecular weight excluding hydrogens is 180 g/mol. The van der Waals surface area contributed by atoms with Gasteiger partial charge in [0.25, 0.3) is 0 Å². The molecule has 2 heteroatoms. The Morgan fingerprint density at radius 2 is 2.00 bits per heavy atom. The molecule has 0 heterocycles. The van der Waals surface area contributed by atoms with Gasteiger partial charge in [-0.3, -0.25) is 4.21 Å². The third kappa shape index (κ3) is 2.99. The second kappa shape index (κ2) is 4.77. The minimum absolute atomic E-state index is 0.466. The molecule has 0 saturated carbocycles. The van der Waals surface area contributed by atoms with E-state index in [9.17, 15) is 4.21 Å². The van der Waals surface area contributed by atoms with Gasteiger partial charge in [0, 0.05) is 4.90 Å². The predicted octanol–water partition coefficient (Wildman–Crippen LogP) is 2.54. The Labute approximate surface area is 81.3 Å². The summed E-state index contributed by atoms with van der Waals surface area (Å²) in [6.07, 6.45) is 1.64. The van der Waals surface area contributed by atoms with Crippen molar-refractivity contribution >= 4 is 10.8 Å².